The first-order chi connectivity index (χ1) is 12.2. The molecule has 0 radical (unpaired) electrons. The summed E-state index contributed by atoms with van der Waals surface area (Å²) in [5, 5.41) is 8.05. The Bertz CT molecular complexity index is 950. The first-order valence-electron chi connectivity index (χ1n) is 8.44. The number of benzene rings is 1. The molecule has 0 saturated carbocycles. The maximum absolute atomic E-state index is 12.2. The van der Waals surface area contributed by atoms with Crippen LogP contribution in [0.25, 0.3) is 11.1 Å². The van der Waals surface area contributed by atoms with E-state index in [1.54, 1.807) is 0 Å². The van der Waals surface area contributed by atoms with E-state index in [-0.39, 0.29) is 5.91 Å². The summed E-state index contributed by atoms with van der Waals surface area (Å²) < 4.78 is 5.19. The van der Waals surface area contributed by atoms with Crippen molar-refractivity contribution in [2.24, 2.45) is 0 Å². The molecule has 0 bridgehead atoms. The van der Waals surface area contributed by atoms with E-state index in [1.165, 1.54) is 11.9 Å². The summed E-state index contributed by atoms with van der Waals surface area (Å²) in [5.41, 5.74) is 4.32. The van der Waals surface area contributed by atoms with Crippen molar-refractivity contribution in [1.82, 2.24) is 15.1 Å². The monoisotopic (exact) mass is 337 g/mol. The number of aromatic nitrogens is 3. The second kappa shape index (κ2) is 6.16. The highest BCUT2D eigenvalue weighted by molar-refractivity contribution is 5.97. The van der Waals surface area contributed by atoms with Crippen LogP contribution < -0.4 is 10.2 Å². The van der Waals surface area contributed by atoms with E-state index in [2.05, 4.69) is 33.4 Å². The van der Waals surface area contributed by atoms with E-state index in [4.69, 9.17) is 4.52 Å². The number of nitrogens with zero attached hydrogens (tertiary/aromatic N) is 4. The molecule has 3 aromatic rings. The predicted molar refractivity (Wildman–Crippen MR) is 95.0 cm³/mol. The lowest BCUT2D eigenvalue weighted by Crippen LogP contribution is -2.35. The first kappa shape index (κ1) is 15.6. The molecule has 7 heteroatoms. The molecule has 0 spiro atoms. The van der Waals surface area contributed by atoms with Gasteiger partial charge in [0, 0.05) is 24.3 Å². The lowest BCUT2D eigenvalue weighted by Gasteiger charge is -2.29. The number of aryl methyl sites for hydroxylation is 2. The molecule has 1 N–H and O–H groups in total. The third-order valence-electron chi connectivity index (χ3n) is 4.43. The Morgan fingerprint density at radius 1 is 1.28 bits per heavy atom. The zero-order chi connectivity index (χ0) is 17.4. The minimum Gasteiger partial charge on any atom is -0.339 e. The lowest BCUT2D eigenvalue weighted by molar-refractivity contribution is -0.118. The average molecular weight is 337 g/mol. The number of carbonyl (C=O) groups is 1. The molecule has 4 rings (SSSR count). The van der Waals surface area contributed by atoms with Gasteiger partial charge in [0.2, 0.25) is 5.91 Å². The molecule has 0 saturated heterocycles. The highest BCUT2D eigenvalue weighted by Crippen LogP contribution is 2.32. The summed E-state index contributed by atoms with van der Waals surface area (Å²) in [7, 11) is 0. The largest absolute Gasteiger partial charge is 0.339 e. The molecule has 0 fully saturated rings. The van der Waals surface area contributed by atoms with Crippen LogP contribution in [-0.4, -0.2) is 27.6 Å². The molecule has 2 aromatic heterocycles. The maximum atomic E-state index is 12.2. The van der Waals surface area contributed by atoms with E-state index < -0.39 is 0 Å². The summed E-state index contributed by atoms with van der Waals surface area (Å²) in [6, 6.07) is 6.06. The van der Waals surface area contributed by atoms with E-state index in [0.29, 0.717) is 18.0 Å². The third-order valence-corrected chi connectivity index (χ3v) is 4.43. The second-order valence-corrected chi connectivity index (χ2v) is 6.18. The first-order valence-corrected chi connectivity index (χ1v) is 8.44. The van der Waals surface area contributed by atoms with Crippen LogP contribution >= 0.6 is 0 Å². The van der Waals surface area contributed by atoms with Crippen molar-refractivity contribution >= 4 is 34.2 Å². The van der Waals surface area contributed by atoms with Crippen LogP contribution in [0, 0.1) is 6.92 Å². The van der Waals surface area contributed by atoms with Crippen LogP contribution in [0.5, 0.6) is 0 Å². The molecule has 7 nitrogen and oxygen atoms in total. The number of rotatable bonds is 4. The molecule has 128 valence electrons. The van der Waals surface area contributed by atoms with Gasteiger partial charge in [-0.3, -0.25) is 4.79 Å². The van der Waals surface area contributed by atoms with E-state index >= 15 is 0 Å². The number of fused-ring (bicyclic) bond motifs is 2. The fourth-order valence-electron chi connectivity index (χ4n) is 3.26. The minimum atomic E-state index is 0.202. The van der Waals surface area contributed by atoms with Crippen molar-refractivity contribution in [2.75, 3.05) is 16.8 Å². The van der Waals surface area contributed by atoms with Crippen molar-refractivity contribution in [3.05, 3.63) is 35.8 Å². The number of nitrogens with one attached hydrogen (secondary N) is 1. The van der Waals surface area contributed by atoms with Crippen LogP contribution in [-0.2, 0) is 11.2 Å². The number of hydrogen-bond acceptors (Lipinski definition) is 6. The van der Waals surface area contributed by atoms with Gasteiger partial charge in [0.05, 0.1) is 5.69 Å². The van der Waals surface area contributed by atoms with Crippen LogP contribution in [0.1, 0.15) is 31.0 Å². The van der Waals surface area contributed by atoms with Gasteiger partial charge in [-0.05, 0) is 43.5 Å². The molecule has 0 unspecified atom stereocenters. The van der Waals surface area contributed by atoms with E-state index in [1.807, 2.05) is 24.0 Å². The van der Waals surface area contributed by atoms with Crippen molar-refractivity contribution in [3.63, 3.8) is 0 Å². The van der Waals surface area contributed by atoms with E-state index in [0.717, 1.165) is 41.8 Å². The highest BCUT2D eigenvalue weighted by Gasteiger charge is 2.23. The Kier molecular flexibility index (Phi) is 3.83. The summed E-state index contributed by atoms with van der Waals surface area (Å²) in [4.78, 5) is 22.4. The molecular weight excluding hydrogens is 318 g/mol. The molecular formula is C18H19N5O2. The van der Waals surface area contributed by atoms with Crippen molar-refractivity contribution in [1.29, 1.82) is 0 Å². The summed E-state index contributed by atoms with van der Waals surface area (Å²) in [6.07, 6.45) is 3.71. The Balaban J connectivity index is 1.68. The number of carbonyl (C=O) groups excluding carboxylic acids is 1. The molecule has 25 heavy (non-hydrogen) atoms. The molecule has 1 aliphatic heterocycles. The molecule has 1 aliphatic rings. The summed E-state index contributed by atoms with van der Waals surface area (Å²) >= 11 is 0. The van der Waals surface area contributed by atoms with Gasteiger partial charge < -0.3 is 14.7 Å². The van der Waals surface area contributed by atoms with Crippen LogP contribution in [0.3, 0.4) is 0 Å². The fraction of sp³-hybridized carbons (Fsp3) is 0.333. The molecule has 1 amide bonds. The van der Waals surface area contributed by atoms with Gasteiger partial charge >= 0.3 is 0 Å². The maximum Gasteiger partial charge on any atom is 0.263 e. The molecule has 1 aromatic carbocycles. The van der Waals surface area contributed by atoms with Gasteiger partial charge in [-0.2, -0.15) is 4.98 Å². The van der Waals surface area contributed by atoms with Gasteiger partial charge in [0.1, 0.15) is 17.5 Å². The Hall–Kier alpha value is -2.96. The predicted octanol–water partition coefficient (Wildman–Crippen LogP) is 3.36. The van der Waals surface area contributed by atoms with Gasteiger partial charge in [-0.25, -0.2) is 4.98 Å². The van der Waals surface area contributed by atoms with Gasteiger partial charge in [0.25, 0.3) is 5.71 Å². The fourth-order valence-corrected chi connectivity index (χ4v) is 3.26. The SMILES string of the molecule is CCCN1C(=O)CCc2cc(Nc3ncnc4onc(C)c34)ccc21. The van der Waals surface area contributed by atoms with Gasteiger partial charge in [-0.1, -0.05) is 12.1 Å². The van der Waals surface area contributed by atoms with Crippen molar-refractivity contribution in [2.45, 2.75) is 33.1 Å². The molecule has 0 atom stereocenters. The zero-order valence-corrected chi connectivity index (χ0v) is 14.2. The lowest BCUT2D eigenvalue weighted by atomic mass is 10.00. The quantitative estimate of drug-likeness (QED) is 0.786. The Morgan fingerprint density at radius 2 is 2.16 bits per heavy atom. The topological polar surface area (TPSA) is 84.2 Å². The smallest absolute Gasteiger partial charge is 0.263 e. The summed E-state index contributed by atoms with van der Waals surface area (Å²) in [5.74, 6) is 0.869. The number of hydrogen-bond donors (Lipinski definition) is 1. The van der Waals surface area contributed by atoms with Gasteiger partial charge in [-0.15, -0.1) is 0 Å². The van der Waals surface area contributed by atoms with Crippen LogP contribution in [0.15, 0.2) is 29.0 Å². The molecule has 3 heterocycles. The Labute approximate surface area is 145 Å². The van der Waals surface area contributed by atoms with Crippen LogP contribution in [0.4, 0.5) is 17.2 Å². The zero-order valence-electron chi connectivity index (χ0n) is 14.2. The number of amides is 1. The summed E-state index contributed by atoms with van der Waals surface area (Å²) in [6.45, 7) is 4.70. The van der Waals surface area contributed by atoms with Crippen molar-refractivity contribution < 1.29 is 9.32 Å². The molecule has 0 aliphatic carbocycles. The highest BCUT2D eigenvalue weighted by atomic mass is 16.5. The van der Waals surface area contributed by atoms with E-state index in [9.17, 15) is 4.79 Å². The Morgan fingerprint density at radius 3 is 3.00 bits per heavy atom. The standard InChI is InChI=1S/C18H19N5O2/c1-3-8-23-14-6-5-13(9-12(14)4-7-15(23)24)21-17-16-11(2)22-25-18(16)20-10-19-17/h5-6,9-10H,3-4,7-8H2,1-2H3,(H,19,20,21). The number of anilines is 3. The average Bonchev–Trinajstić information content (AvgIpc) is 3.00. The second-order valence-electron chi connectivity index (χ2n) is 6.18. The van der Waals surface area contributed by atoms with Gasteiger partial charge in [0.15, 0.2) is 0 Å². The normalized spacial score (nSPS) is 14.0. The minimum absolute atomic E-state index is 0.202. The van der Waals surface area contributed by atoms with Crippen LogP contribution in [0.2, 0.25) is 0 Å². The van der Waals surface area contributed by atoms with Crippen molar-refractivity contribution in [3.8, 4) is 0 Å². The third kappa shape index (κ3) is 2.71.